The van der Waals surface area contributed by atoms with Gasteiger partial charge in [0.05, 0.1) is 16.4 Å². The number of rotatable bonds is 7. The fraction of sp³-hybridized carbons (Fsp3) is 0.108. The minimum Gasteiger partial charge on any atom is -0.311 e. The third-order valence-electron chi connectivity index (χ3n) is 17.7. The zero-order chi connectivity index (χ0) is 50.8. The van der Waals surface area contributed by atoms with Gasteiger partial charge in [-0.15, -0.1) is 11.3 Å². The molecular formula is C74H54N2S. The molecule has 16 rings (SSSR count). The van der Waals surface area contributed by atoms with E-state index in [0.29, 0.717) is 0 Å². The average Bonchev–Trinajstić information content (AvgIpc) is 4.12. The number of allylic oxidation sites excluding steroid dienone is 8. The first-order chi connectivity index (χ1) is 38.0. The minimum absolute atomic E-state index is 0.209. The summed E-state index contributed by atoms with van der Waals surface area (Å²) < 4.78 is 3.82. The van der Waals surface area contributed by atoms with Gasteiger partial charge >= 0.3 is 0 Å². The van der Waals surface area contributed by atoms with Crippen molar-refractivity contribution in [2.45, 2.75) is 49.9 Å². The Bertz CT molecular complexity index is 4420. The van der Waals surface area contributed by atoms with E-state index in [4.69, 9.17) is 0 Å². The standard InChI is InChI=1S/C74H54N2S/c1-73(51-36-40-67-61(47-51)57-24-10-14-32-66(57)76(67)52-21-6-3-7-22-52)44-42-54(43-45-73)75(53-37-34-49(35-38-53)48-18-4-2-5-19-48)55-23-16-20-50(46-55)56-28-17-31-64-70(56)58-25-8-12-29-62(58)74(64)63-30-13-9-26-59(63)71-65(74)39-41-69-72(71)60-27-11-15-33-68(60)77-69/h2-8,10-12,14,16-32,34-44,46-47H,9,13,15,33,45H2,1H3. The number of nitrogens with zero attached hydrogens (tertiary/aromatic N) is 2. The second-order valence-electron chi connectivity index (χ2n) is 21.9. The smallest absolute Gasteiger partial charge is 0.0722 e. The van der Waals surface area contributed by atoms with E-state index in [1.165, 1.54) is 126 Å². The van der Waals surface area contributed by atoms with Gasteiger partial charge in [0.25, 0.3) is 0 Å². The van der Waals surface area contributed by atoms with E-state index in [2.05, 4.69) is 265 Å². The van der Waals surface area contributed by atoms with Gasteiger partial charge in [-0.25, -0.2) is 0 Å². The second-order valence-corrected chi connectivity index (χ2v) is 23.0. The van der Waals surface area contributed by atoms with Gasteiger partial charge in [-0.3, -0.25) is 0 Å². The molecule has 9 aromatic carbocycles. The molecule has 11 aromatic rings. The monoisotopic (exact) mass is 1000 g/mol. The number of para-hydroxylation sites is 2. The molecule has 2 heterocycles. The van der Waals surface area contributed by atoms with Crippen molar-refractivity contribution in [2.75, 3.05) is 4.90 Å². The van der Waals surface area contributed by atoms with Crippen LogP contribution in [-0.4, -0.2) is 4.57 Å². The van der Waals surface area contributed by atoms with Crippen molar-refractivity contribution < 1.29 is 0 Å². The molecule has 0 N–H and O–H groups in total. The van der Waals surface area contributed by atoms with Crippen LogP contribution in [0, 0.1) is 0 Å². The van der Waals surface area contributed by atoms with Gasteiger partial charge in [0.1, 0.15) is 0 Å². The predicted molar refractivity (Wildman–Crippen MR) is 326 cm³/mol. The molecule has 5 aliphatic rings. The molecule has 0 saturated carbocycles. The fourth-order valence-electron chi connectivity index (χ4n) is 14.2. The van der Waals surface area contributed by atoms with Gasteiger partial charge in [-0.2, -0.15) is 0 Å². The largest absolute Gasteiger partial charge is 0.311 e. The molecule has 0 aliphatic heterocycles. The SMILES string of the molecule is CC1(c2ccc3c(c2)c2ccccc2n3-c2ccccc2)C=CC(N(c2ccc(-c3ccccc3)cc2)c2cccc(-c3cccc4c3-c3ccccc3C43C4=CCCC=C4c4c3ccc3sc5c(c43)C=CCC5)c2)=CC1. The van der Waals surface area contributed by atoms with Gasteiger partial charge in [-0.1, -0.05) is 189 Å². The number of anilines is 2. The van der Waals surface area contributed by atoms with Crippen molar-refractivity contribution in [2.24, 2.45) is 0 Å². The van der Waals surface area contributed by atoms with Crippen LogP contribution in [0.1, 0.15) is 70.9 Å². The second kappa shape index (κ2) is 17.1. The number of thiophene rings is 1. The molecule has 77 heavy (non-hydrogen) atoms. The highest BCUT2D eigenvalue weighted by Gasteiger charge is 2.54. The third kappa shape index (κ3) is 6.54. The molecule has 2 aromatic heterocycles. The van der Waals surface area contributed by atoms with Crippen molar-refractivity contribution in [3.8, 4) is 39.1 Å². The van der Waals surface area contributed by atoms with Crippen molar-refractivity contribution in [3.63, 3.8) is 0 Å². The van der Waals surface area contributed by atoms with Crippen molar-refractivity contribution in [1.29, 1.82) is 0 Å². The van der Waals surface area contributed by atoms with E-state index in [-0.39, 0.29) is 5.41 Å². The molecule has 0 saturated heterocycles. The Hall–Kier alpha value is -8.76. The van der Waals surface area contributed by atoms with Crippen LogP contribution in [0.25, 0.3) is 82.6 Å². The van der Waals surface area contributed by atoms with E-state index in [1.807, 2.05) is 11.3 Å². The first-order valence-electron chi connectivity index (χ1n) is 27.5. The Kier molecular flexibility index (Phi) is 9.91. The van der Waals surface area contributed by atoms with Crippen LogP contribution in [0.2, 0.25) is 0 Å². The summed E-state index contributed by atoms with van der Waals surface area (Å²) >= 11 is 2.01. The Balaban J connectivity index is 0.824. The topological polar surface area (TPSA) is 8.17 Å². The summed E-state index contributed by atoms with van der Waals surface area (Å²) in [7, 11) is 0. The number of hydrogen-bond donors (Lipinski definition) is 0. The molecule has 2 unspecified atom stereocenters. The number of fused-ring (bicyclic) bond motifs is 17. The highest BCUT2D eigenvalue weighted by molar-refractivity contribution is 7.19. The van der Waals surface area contributed by atoms with Crippen molar-refractivity contribution in [3.05, 3.63) is 292 Å². The Morgan fingerprint density at radius 1 is 0.519 bits per heavy atom. The Labute approximate surface area is 454 Å². The lowest BCUT2D eigenvalue weighted by Crippen LogP contribution is -2.26. The molecular weight excluding hydrogens is 949 g/mol. The van der Waals surface area contributed by atoms with Gasteiger partial charge in [0.15, 0.2) is 0 Å². The minimum atomic E-state index is -0.400. The number of hydrogen-bond acceptors (Lipinski definition) is 2. The van der Waals surface area contributed by atoms with E-state index in [9.17, 15) is 0 Å². The van der Waals surface area contributed by atoms with Crippen LogP contribution in [0.5, 0.6) is 0 Å². The molecule has 0 fully saturated rings. The highest BCUT2D eigenvalue weighted by Crippen LogP contribution is 2.67. The van der Waals surface area contributed by atoms with E-state index in [0.717, 1.165) is 43.5 Å². The molecule has 2 nitrogen and oxygen atoms in total. The maximum atomic E-state index is 2.59. The van der Waals surface area contributed by atoms with E-state index < -0.39 is 5.41 Å². The lowest BCUT2D eigenvalue weighted by atomic mass is 9.69. The van der Waals surface area contributed by atoms with Gasteiger partial charge < -0.3 is 9.47 Å². The molecule has 3 heteroatoms. The number of aromatic nitrogens is 1. The quantitative estimate of drug-likeness (QED) is 0.154. The first-order valence-corrected chi connectivity index (χ1v) is 28.3. The fourth-order valence-corrected chi connectivity index (χ4v) is 15.4. The molecule has 0 bridgehead atoms. The summed E-state index contributed by atoms with van der Waals surface area (Å²) in [6.07, 6.45) is 22.5. The Morgan fingerprint density at radius 2 is 1.25 bits per heavy atom. The summed E-state index contributed by atoms with van der Waals surface area (Å²) in [6, 6.07) is 77.4. The van der Waals surface area contributed by atoms with E-state index >= 15 is 0 Å². The predicted octanol–water partition coefficient (Wildman–Crippen LogP) is 19.7. The number of benzene rings is 9. The molecule has 0 amide bonds. The zero-order valence-corrected chi connectivity index (χ0v) is 43.8. The van der Waals surface area contributed by atoms with Crippen LogP contribution in [0.3, 0.4) is 0 Å². The van der Waals surface area contributed by atoms with Crippen LogP contribution in [-0.2, 0) is 17.3 Å². The van der Waals surface area contributed by atoms with E-state index in [1.54, 1.807) is 0 Å². The zero-order valence-electron chi connectivity index (χ0n) is 43.0. The summed E-state index contributed by atoms with van der Waals surface area (Å²) in [6.45, 7) is 2.40. The summed E-state index contributed by atoms with van der Waals surface area (Å²) in [5.41, 5.74) is 25.4. The van der Waals surface area contributed by atoms with Crippen LogP contribution in [0.15, 0.2) is 254 Å². The van der Waals surface area contributed by atoms with Gasteiger partial charge in [0, 0.05) is 53.9 Å². The normalized spacial score (nSPS) is 18.7. The van der Waals surface area contributed by atoms with Crippen molar-refractivity contribution in [1.82, 2.24) is 4.57 Å². The lowest BCUT2D eigenvalue weighted by Gasteiger charge is -2.34. The molecule has 0 radical (unpaired) electrons. The molecule has 5 aliphatic carbocycles. The third-order valence-corrected chi connectivity index (χ3v) is 18.9. The summed E-state index contributed by atoms with van der Waals surface area (Å²) in [5.74, 6) is 0. The van der Waals surface area contributed by atoms with Gasteiger partial charge in [0.2, 0.25) is 0 Å². The highest BCUT2D eigenvalue weighted by atomic mass is 32.1. The van der Waals surface area contributed by atoms with Crippen LogP contribution < -0.4 is 4.90 Å². The molecule has 366 valence electrons. The van der Waals surface area contributed by atoms with Crippen LogP contribution in [0.4, 0.5) is 11.4 Å². The van der Waals surface area contributed by atoms with Crippen molar-refractivity contribution >= 4 is 66.3 Å². The molecule has 1 spiro atoms. The summed E-state index contributed by atoms with van der Waals surface area (Å²) in [4.78, 5) is 4.01. The Morgan fingerprint density at radius 3 is 2.12 bits per heavy atom. The maximum absolute atomic E-state index is 2.59. The average molecular weight is 1000 g/mol. The molecule has 2 atom stereocenters. The maximum Gasteiger partial charge on any atom is 0.0722 e. The van der Waals surface area contributed by atoms with Gasteiger partial charge in [-0.05, 0) is 177 Å². The lowest BCUT2D eigenvalue weighted by molar-refractivity contribution is 0.596. The van der Waals surface area contributed by atoms with Crippen LogP contribution >= 0.6 is 11.3 Å². The summed E-state index contributed by atoms with van der Waals surface area (Å²) in [5, 5.41) is 4.02. The number of aryl methyl sites for hydroxylation is 1. The first kappa shape index (κ1) is 44.5.